The topological polar surface area (TPSA) is 18.5 Å². The Balaban J connectivity index is 2.50. The van der Waals surface area contributed by atoms with Gasteiger partial charge in [-0.05, 0) is 64.2 Å². The van der Waals surface area contributed by atoms with Gasteiger partial charge in [-0.1, -0.05) is 13.8 Å². The van der Waals surface area contributed by atoms with Crippen molar-refractivity contribution in [2.24, 2.45) is 23.7 Å². The molecule has 0 aliphatic heterocycles. The fourth-order valence-electron chi connectivity index (χ4n) is 2.84. The molecule has 4 atom stereocenters. The first-order valence-electron chi connectivity index (χ1n) is 7.63. The second kappa shape index (κ2) is 7.49. The van der Waals surface area contributed by atoms with E-state index in [1.165, 1.54) is 12.8 Å². The minimum atomic E-state index is 0.339. The Labute approximate surface area is 113 Å². The fraction of sp³-hybridized carbons (Fsp3) is 1.00. The van der Waals surface area contributed by atoms with E-state index in [1.807, 2.05) is 0 Å². The van der Waals surface area contributed by atoms with Crippen LogP contribution in [0.25, 0.3) is 0 Å². The van der Waals surface area contributed by atoms with Crippen LogP contribution in [0.1, 0.15) is 54.4 Å². The van der Waals surface area contributed by atoms with Gasteiger partial charge >= 0.3 is 0 Å². The lowest BCUT2D eigenvalue weighted by Crippen LogP contribution is -2.35. The minimum absolute atomic E-state index is 0.339. The van der Waals surface area contributed by atoms with Crippen LogP contribution >= 0.6 is 0 Å². The highest BCUT2D eigenvalue weighted by molar-refractivity contribution is 4.82. The SMILES string of the molecule is CC(C)OCC1CC(C)C(C)CC1COC(C)C. The molecule has 108 valence electrons. The molecule has 4 unspecified atom stereocenters. The van der Waals surface area contributed by atoms with Crippen molar-refractivity contribution in [2.75, 3.05) is 13.2 Å². The predicted octanol–water partition coefficient (Wildman–Crippen LogP) is 4.13. The van der Waals surface area contributed by atoms with Gasteiger partial charge in [0.15, 0.2) is 0 Å². The molecule has 0 heterocycles. The zero-order valence-electron chi connectivity index (χ0n) is 13.1. The van der Waals surface area contributed by atoms with Crippen LogP contribution in [0.3, 0.4) is 0 Å². The molecule has 0 radical (unpaired) electrons. The lowest BCUT2D eigenvalue weighted by Gasteiger charge is -2.39. The van der Waals surface area contributed by atoms with Crippen LogP contribution in [0.4, 0.5) is 0 Å². The van der Waals surface area contributed by atoms with Gasteiger partial charge in [0.2, 0.25) is 0 Å². The normalized spacial score (nSPS) is 33.3. The summed E-state index contributed by atoms with van der Waals surface area (Å²) >= 11 is 0. The third-order valence-electron chi connectivity index (χ3n) is 4.27. The van der Waals surface area contributed by atoms with Gasteiger partial charge in [0, 0.05) is 0 Å². The Hall–Kier alpha value is -0.0800. The van der Waals surface area contributed by atoms with Crippen LogP contribution in [-0.4, -0.2) is 25.4 Å². The Bertz CT molecular complexity index is 201. The molecule has 1 rings (SSSR count). The largest absolute Gasteiger partial charge is 0.378 e. The summed E-state index contributed by atoms with van der Waals surface area (Å²) in [5.74, 6) is 3.00. The van der Waals surface area contributed by atoms with E-state index in [-0.39, 0.29) is 0 Å². The zero-order chi connectivity index (χ0) is 13.7. The van der Waals surface area contributed by atoms with Gasteiger partial charge < -0.3 is 9.47 Å². The molecular formula is C16H32O2. The maximum absolute atomic E-state index is 5.85. The minimum Gasteiger partial charge on any atom is -0.378 e. The lowest BCUT2D eigenvalue weighted by atomic mass is 9.70. The molecule has 1 fully saturated rings. The number of hydrogen-bond donors (Lipinski definition) is 0. The first-order chi connectivity index (χ1) is 8.40. The van der Waals surface area contributed by atoms with Gasteiger partial charge in [-0.25, -0.2) is 0 Å². The van der Waals surface area contributed by atoms with Crippen molar-refractivity contribution in [1.82, 2.24) is 0 Å². The summed E-state index contributed by atoms with van der Waals surface area (Å²) in [7, 11) is 0. The van der Waals surface area contributed by atoms with E-state index in [1.54, 1.807) is 0 Å². The molecule has 2 nitrogen and oxygen atoms in total. The third-order valence-corrected chi connectivity index (χ3v) is 4.27. The van der Waals surface area contributed by atoms with E-state index >= 15 is 0 Å². The molecule has 1 saturated carbocycles. The van der Waals surface area contributed by atoms with Crippen LogP contribution in [0.5, 0.6) is 0 Å². The molecule has 0 spiro atoms. The highest BCUT2D eigenvalue weighted by atomic mass is 16.5. The van der Waals surface area contributed by atoms with Crippen molar-refractivity contribution in [3.63, 3.8) is 0 Å². The molecule has 0 aromatic carbocycles. The van der Waals surface area contributed by atoms with Crippen LogP contribution < -0.4 is 0 Å². The van der Waals surface area contributed by atoms with E-state index in [0.717, 1.165) is 25.0 Å². The van der Waals surface area contributed by atoms with Crippen molar-refractivity contribution >= 4 is 0 Å². The molecule has 0 N–H and O–H groups in total. The second-order valence-electron chi connectivity index (χ2n) is 6.71. The lowest BCUT2D eigenvalue weighted by molar-refractivity contribution is -0.0371. The third kappa shape index (κ3) is 5.27. The van der Waals surface area contributed by atoms with E-state index in [4.69, 9.17) is 9.47 Å². The maximum Gasteiger partial charge on any atom is 0.0519 e. The van der Waals surface area contributed by atoms with Crippen molar-refractivity contribution in [1.29, 1.82) is 0 Å². The molecule has 0 bridgehead atoms. The first kappa shape index (κ1) is 16.0. The monoisotopic (exact) mass is 256 g/mol. The standard InChI is InChI=1S/C16H32O2/c1-11(2)17-9-15-7-13(5)14(6)8-16(15)10-18-12(3)4/h11-16H,7-10H2,1-6H3. The maximum atomic E-state index is 5.85. The van der Waals surface area contributed by atoms with Crippen molar-refractivity contribution in [2.45, 2.75) is 66.6 Å². The van der Waals surface area contributed by atoms with Gasteiger partial charge in [-0.15, -0.1) is 0 Å². The average Bonchev–Trinajstić information content (AvgIpc) is 2.28. The van der Waals surface area contributed by atoms with Crippen LogP contribution in [0.15, 0.2) is 0 Å². The van der Waals surface area contributed by atoms with Crippen molar-refractivity contribution in [3.05, 3.63) is 0 Å². The van der Waals surface area contributed by atoms with Crippen LogP contribution in [0, 0.1) is 23.7 Å². The summed E-state index contributed by atoms with van der Waals surface area (Å²) in [4.78, 5) is 0. The first-order valence-corrected chi connectivity index (χ1v) is 7.63. The fourth-order valence-corrected chi connectivity index (χ4v) is 2.84. The molecule has 1 aliphatic carbocycles. The van der Waals surface area contributed by atoms with Crippen molar-refractivity contribution < 1.29 is 9.47 Å². The Morgan fingerprint density at radius 1 is 0.778 bits per heavy atom. The summed E-state index contributed by atoms with van der Waals surface area (Å²) < 4.78 is 11.7. The van der Waals surface area contributed by atoms with Crippen molar-refractivity contribution in [3.8, 4) is 0 Å². The van der Waals surface area contributed by atoms with Gasteiger partial charge in [0.25, 0.3) is 0 Å². The summed E-state index contributed by atoms with van der Waals surface area (Å²) in [5, 5.41) is 0. The van der Waals surface area contributed by atoms with E-state index < -0.39 is 0 Å². The zero-order valence-corrected chi connectivity index (χ0v) is 13.1. The highest BCUT2D eigenvalue weighted by Crippen LogP contribution is 2.38. The summed E-state index contributed by atoms with van der Waals surface area (Å²) in [6, 6.07) is 0. The Morgan fingerprint density at radius 2 is 1.11 bits per heavy atom. The molecule has 0 saturated heterocycles. The number of ether oxygens (including phenoxy) is 2. The van der Waals surface area contributed by atoms with Gasteiger partial charge in [-0.3, -0.25) is 0 Å². The van der Waals surface area contributed by atoms with Gasteiger partial charge in [0.05, 0.1) is 25.4 Å². The Morgan fingerprint density at radius 3 is 1.39 bits per heavy atom. The number of rotatable bonds is 6. The van der Waals surface area contributed by atoms with E-state index in [2.05, 4.69) is 41.5 Å². The average molecular weight is 256 g/mol. The molecule has 1 aliphatic rings. The summed E-state index contributed by atoms with van der Waals surface area (Å²) in [5.41, 5.74) is 0. The molecule has 0 aromatic rings. The highest BCUT2D eigenvalue weighted by Gasteiger charge is 2.33. The predicted molar refractivity (Wildman–Crippen MR) is 76.7 cm³/mol. The van der Waals surface area contributed by atoms with E-state index in [0.29, 0.717) is 24.0 Å². The molecular weight excluding hydrogens is 224 g/mol. The van der Waals surface area contributed by atoms with E-state index in [9.17, 15) is 0 Å². The second-order valence-corrected chi connectivity index (χ2v) is 6.71. The smallest absolute Gasteiger partial charge is 0.0519 e. The Kier molecular flexibility index (Phi) is 6.65. The molecule has 2 heteroatoms. The molecule has 0 amide bonds. The summed E-state index contributed by atoms with van der Waals surface area (Å²) in [6.07, 6.45) is 3.26. The van der Waals surface area contributed by atoms with Crippen LogP contribution in [0.2, 0.25) is 0 Å². The quantitative estimate of drug-likeness (QED) is 0.711. The number of hydrogen-bond acceptors (Lipinski definition) is 2. The molecule has 0 aromatic heterocycles. The summed E-state index contributed by atoms with van der Waals surface area (Å²) in [6.45, 7) is 15.0. The molecule has 18 heavy (non-hydrogen) atoms. The van der Waals surface area contributed by atoms with Gasteiger partial charge in [-0.2, -0.15) is 0 Å². The van der Waals surface area contributed by atoms with Gasteiger partial charge in [0.1, 0.15) is 0 Å². The van der Waals surface area contributed by atoms with Crippen LogP contribution in [-0.2, 0) is 9.47 Å².